The van der Waals surface area contributed by atoms with Crippen molar-refractivity contribution < 1.29 is 18.3 Å². The summed E-state index contributed by atoms with van der Waals surface area (Å²) in [6, 6.07) is 3.41. The van der Waals surface area contributed by atoms with Gasteiger partial charge in [-0.25, -0.2) is 13.6 Å². The number of ether oxygens (including phenoxy) is 1. The summed E-state index contributed by atoms with van der Waals surface area (Å²) in [5.41, 5.74) is 0.359. The van der Waals surface area contributed by atoms with Gasteiger partial charge in [-0.05, 0) is 37.5 Å². The summed E-state index contributed by atoms with van der Waals surface area (Å²) in [6.45, 7) is 3.44. The van der Waals surface area contributed by atoms with Crippen LogP contribution in [0.5, 0.6) is 0 Å². The maximum Gasteiger partial charge on any atom is 0.317 e. The Balaban J connectivity index is 1.84. The number of carbonyl (C=O) groups excluding carboxylic acids is 1. The zero-order valence-corrected chi connectivity index (χ0v) is 12.3. The number of piperidine rings is 1. The van der Waals surface area contributed by atoms with E-state index in [4.69, 9.17) is 4.74 Å². The molecule has 0 aliphatic carbocycles. The molecular formula is C15H20F2N2O2. The second kappa shape index (κ2) is 6.39. The van der Waals surface area contributed by atoms with Crippen molar-refractivity contribution in [3.63, 3.8) is 0 Å². The van der Waals surface area contributed by atoms with Crippen LogP contribution in [0.2, 0.25) is 0 Å². The second-order valence-electron chi connectivity index (χ2n) is 5.55. The molecule has 0 spiro atoms. The van der Waals surface area contributed by atoms with Crippen LogP contribution in [-0.4, -0.2) is 36.7 Å². The van der Waals surface area contributed by atoms with E-state index in [-0.39, 0.29) is 18.2 Å². The quantitative estimate of drug-likeness (QED) is 0.932. The SMILES string of the molecule is COC1(C)CCN(C(=O)NCc2ccc(F)c(F)c2)CC1. The average Bonchev–Trinajstić information content (AvgIpc) is 2.49. The smallest absolute Gasteiger partial charge is 0.317 e. The van der Waals surface area contributed by atoms with Crippen LogP contribution in [-0.2, 0) is 11.3 Å². The van der Waals surface area contributed by atoms with Gasteiger partial charge in [0.1, 0.15) is 0 Å². The van der Waals surface area contributed by atoms with Gasteiger partial charge >= 0.3 is 6.03 Å². The van der Waals surface area contributed by atoms with Gasteiger partial charge in [0.15, 0.2) is 11.6 Å². The van der Waals surface area contributed by atoms with Gasteiger partial charge in [-0.2, -0.15) is 0 Å². The van der Waals surface area contributed by atoms with Crippen LogP contribution in [0, 0.1) is 11.6 Å². The van der Waals surface area contributed by atoms with E-state index >= 15 is 0 Å². The van der Waals surface area contributed by atoms with Crippen LogP contribution in [0.1, 0.15) is 25.3 Å². The molecule has 116 valence electrons. The third-order valence-corrected chi connectivity index (χ3v) is 4.03. The van der Waals surface area contributed by atoms with E-state index in [2.05, 4.69) is 5.32 Å². The van der Waals surface area contributed by atoms with E-state index in [0.29, 0.717) is 18.7 Å². The molecule has 1 N–H and O–H groups in total. The number of hydrogen-bond acceptors (Lipinski definition) is 2. The minimum absolute atomic E-state index is 0.170. The summed E-state index contributed by atoms with van der Waals surface area (Å²) >= 11 is 0. The number of urea groups is 1. The van der Waals surface area contributed by atoms with E-state index in [0.717, 1.165) is 25.0 Å². The molecule has 1 heterocycles. The van der Waals surface area contributed by atoms with Crippen LogP contribution in [0.15, 0.2) is 18.2 Å². The van der Waals surface area contributed by atoms with Crippen molar-refractivity contribution >= 4 is 6.03 Å². The van der Waals surface area contributed by atoms with Crippen LogP contribution < -0.4 is 5.32 Å². The predicted octanol–water partition coefficient (Wildman–Crippen LogP) is 2.68. The van der Waals surface area contributed by atoms with Gasteiger partial charge in [0.2, 0.25) is 0 Å². The fourth-order valence-electron chi connectivity index (χ4n) is 2.33. The maximum atomic E-state index is 13.1. The number of methoxy groups -OCH3 is 1. The summed E-state index contributed by atoms with van der Waals surface area (Å²) in [7, 11) is 1.68. The van der Waals surface area contributed by atoms with Gasteiger partial charge in [-0.1, -0.05) is 6.07 Å². The second-order valence-corrected chi connectivity index (χ2v) is 5.55. The van der Waals surface area contributed by atoms with Gasteiger partial charge in [-0.15, -0.1) is 0 Å². The van der Waals surface area contributed by atoms with E-state index in [9.17, 15) is 13.6 Å². The Labute approximate surface area is 123 Å². The number of likely N-dealkylation sites (tertiary alicyclic amines) is 1. The lowest BCUT2D eigenvalue weighted by molar-refractivity contribution is -0.0353. The number of nitrogens with one attached hydrogen (secondary N) is 1. The van der Waals surface area contributed by atoms with Crippen LogP contribution in [0.3, 0.4) is 0 Å². The number of carbonyl (C=O) groups is 1. The van der Waals surface area contributed by atoms with E-state index in [1.54, 1.807) is 12.0 Å². The molecule has 1 aliphatic rings. The monoisotopic (exact) mass is 298 g/mol. The zero-order valence-electron chi connectivity index (χ0n) is 12.3. The largest absolute Gasteiger partial charge is 0.378 e. The minimum atomic E-state index is -0.907. The Kier molecular flexibility index (Phi) is 4.77. The van der Waals surface area contributed by atoms with Gasteiger partial charge in [0, 0.05) is 26.7 Å². The number of halogens is 2. The first-order valence-corrected chi connectivity index (χ1v) is 6.95. The fraction of sp³-hybridized carbons (Fsp3) is 0.533. The molecule has 1 fully saturated rings. The highest BCUT2D eigenvalue weighted by Gasteiger charge is 2.31. The maximum absolute atomic E-state index is 13.1. The molecule has 2 rings (SSSR count). The van der Waals surface area contributed by atoms with E-state index < -0.39 is 11.6 Å². The summed E-state index contributed by atoms with van der Waals surface area (Å²) in [6.07, 6.45) is 1.56. The van der Waals surface area contributed by atoms with Crippen molar-refractivity contribution in [2.45, 2.75) is 31.9 Å². The first kappa shape index (κ1) is 15.7. The van der Waals surface area contributed by atoms with E-state index in [1.807, 2.05) is 6.92 Å². The molecule has 0 unspecified atom stereocenters. The summed E-state index contributed by atoms with van der Waals surface area (Å²) in [5, 5.41) is 2.72. The zero-order chi connectivity index (χ0) is 15.5. The highest BCUT2D eigenvalue weighted by molar-refractivity contribution is 5.74. The predicted molar refractivity (Wildman–Crippen MR) is 74.8 cm³/mol. The molecule has 0 atom stereocenters. The Morgan fingerprint density at radius 1 is 1.33 bits per heavy atom. The first-order valence-electron chi connectivity index (χ1n) is 6.95. The number of benzene rings is 1. The van der Waals surface area contributed by atoms with Crippen LogP contribution in [0.4, 0.5) is 13.6 Å². The molecule has 1 saturated heterocycles. The highest BCUT2D eigenvalue weighted by Crippen LogP contribution is 2.24. The van der Waals surface area contributed by atoms with Crippen molar-refractivity contribution in [1.82, 2.24) is 10.2 Å². The minimum Gasteiger partial charge on any atom is -0.378 e. The lowest BCUT2D eigenvalue weighted by atomic mass is 9.93. The molecule has 6 heteroatoms. The standard InChI is InChI=1S/C15H20F2N2O2/c1-15(21-2)5-7-19(8-6-15)14(20)18-10-11-3-4-12(16)13(17)9-11/h3-4,9H,5-8,10H2,1-2H3,(H,18,20). The van der Waals surface area contributed by atoms with E-state index in [1.165, 1.54) is 6.07 Å². The topological polar surface area (TPSA) is 41.6 Å². The van der Waals surface area contributed by atoms with Crippen LogP contribution in [0.25, 0.3) is 0 Å². The molecule has 1 aliphatic heterocycles. The highest BCUT2D eigenvalue weighted by atomic mass is 19.2. The lowest BCUT2D eigenvalue weighted by Crippen LogP contribution is -2.49. The van der Waals surface area contributed by atoms with Gasteiger partial charge in [-0.3, -0.25) is 0 Å². The lowest BCUT2D eigenvalue weighted by Gasteiger charge is -2.38. The summed E-state index contributed by atoms with van der Waals surface area (Å²) < 4.78 is 31.3. The van der Waals surface area contributed by atoms with Crippen molar-refractivity contribution in [2.75, 3.05) is 20.2 Å². The fourth-order valence-corrected chi connectivity index (χ4v) is 2.33. The summed E-state index contributed by atoms with van der Waals surface area (Å²) in [5.74, 6) is -1.80. The Hall–Kier alpha value is -1.69. The van der Waals surface area contributed by atoms with Gasteiger partial charge < -0.3 is 15.0 Å². The molecule has 4 nitrogen and oxygen atoms in total. The molecular weight excluding hydrogens is 278 g/mol. The van der Waals surface area contributed by atoms with Crippen molar-refractivity contribution in [1.29, 1.82) is 0 Å². The molecule has 0 bridgehead atoms. The molecule has 0 saturated carbocycles. The first-order chi connectivity index (χ1) is 9.93. The third-order valence-electron chi connectivity index (χ3n) is 4.03. The Morgan fingerprint density at radius 2 is 2.00 bits per heavy atom. The Bertz CT molecular complexity index is 514. The number of amides is 2. The molecule has 1 aromatic rings. The van der Waals surface area contributed by atoms with Crippen molar-refractivity contribution in [2.24, 2.45) is 0 Å². The number of nitrogens with zero attached hydrogens (tertiary/aromatic N) is 1. The molecule has 1 aromatic carbocycles. The number of rotatable bonds is 3. The van der Waals surface area contributed by atoms with Gasteiger partial charge in [0.05, 0.1) is 5.60 Å². The number of hydrogen-bond donors (Lipinski definition) is 1. The molecule has 2 amide bonds. The molecule has 0 aromatic heterocycles. The van der Waals surface area contributed by atoms with Crippen molar-refractivity contribution in [3.8, 4) is 0 Å². The third kappa shape index (κ3) is 3.91. The van der Waals surface area contributed by atoms with Crippen molar-refractivity contribution in [3.05, 3.63) is 35.4 Å². The summed E-state index contributed by atoms with van der Waals surface area (Å²) in [4.78, 5) is 13.7. The van der Waals surface area contributed by atoms with Gasteiger partial charge in [0.25, 0.3) is 0 Å². The molecule has 0 radical (unpaired) electrons. The van der Waals surface area contributed by atoms with Crippen LogP contribution >= 0.6 is 0 Å². The normalized spacial score (nSPS) is 17.6. The average molecular weight is 298 g/mol. The molecule has 21 heavy (non-hydrogen) atoms. The Morgan fingerprint density at radius 3 is 2.57 bits per heavy atom.